The van der Waals surface area contributed by atoms with E-state index in [4.69, 9.17) is 21.1 Å². The number of nitrogens with zero attached hydrogens (tertiary/aromatic N) is 3. The molecule has 1 heterocycles. The fraction of sp³-hybridized carbons (Fsp3) is 0.645. The average molecular weight is 672 g/mol. The van der Waals surface area contributed by atoms with Gasteiger partial charge in [-0.1, -0.05) is 64.3 Å². The molecule has 0 saturated carbocycles. The lowest BCUT2D eigenvalue weighted by molar-refractivity contribution is -0.182. The van der Waals surface area contributed by atoms with Gasteiger partial charge in [0.2, 0.25) is 0 Å². The minimum atomic E-state index is -2.34. The van der Waals surface area contributed by atoms with Crippen LogP contribution in [0.25, 0.3) is 0 Å². The third-order valence-electron chi connectivity index (χ3n) is 8.29. The lowest BCUT2D eigenvalue weighted by Crippen LogP contribution is -2.56. The Morgan fingerprint density at radius 1 is 0.761 bits per heavy atom. The zero-order chi connectivity index (χ0) is 35.0. The fourth-order valence-corrected chi connectivity index (χ4v) is 4.60. The van der Waals surface area contributed by atoms with Crippen LogP contribution in [0.4, 0.5) is 0 Å². The zero-order valence-corrected chi connectivity index (χ0v) is 27.9. The molecule has 46 heavy (non-hydrogen) atoms. The summed E-state index contributed by atoms with van der Waals surface area (Å²) >= 11 is 5.95. The van der Waals surface area contributed by atoms with Gasteiger partial charge in [0.05, 0.1) is 25.7 Å². The van der Waals surface area contributed by atoms with Gasteiger partial charge >= 0.3 is 29.0 Å². The van der Waals surface area contributed by atoms with Crippen molar-refractivity contribution in [2.24, 2.45) is 5.41 Å². The van der Waals surface area contributed by atoms with Gasteiger partial charge in [-0.3, -0.25) is 0 Å². The highest BCUT2D eigenvalue weighted by molar-refractivity contribution is 6.30. The van der Waals surface area contributed by atoms with Crippen LogP contribution in [0.1, 0.15) is 72.8 Å². The van der Waals surface area contributed by atoms with E-state index in [0.717, 1.165) is 22.0 Å². The minimum Gasteiger partial charge on any atom is -0.461 e. The van der Waals surface area contributed by atoms with Crippen molar-refractivity contribution in [3.05, 3.63) is 66.3 Å². The molecule has 0 bridgehead atoms. The van der Waals surface area contributed by atoms with E-state index in [9.17, 15) is 44.4 Å². The van der Waals surface area contributed by atoms with E-state index >= 15 is 0 Å². The van der Waals surface area contributed by atoms with Gasteiger partial charge in [-0.05, 0) is 49.8 Å². The van der Waals surface area contributed by atoms with Crippen LogP contribution in [0, 0.1) is 5.41 Å². The maximum atomic E-state index is 13.4. The number of rotatable bonds is 17. The molecule has 0 radical (unpaired) electrons. The Kier molecular flexibility index (Phi) is 13.9. The van der Waals surface area contributed by atoms with Crippen molar-refractivity contribution in [3.8, 4) is 0 Å². The molecule has 258 valence electrons. The monoisotopic (exact) mass is 671 g/mol. The number of hydrogen-bond donors (Lipinski definition) is 4. The summed E-state index contributed by atoms with van der Waals surface area (Å²) in [7, 11) is 0. The van der Waals surface area contributed by atoms with Crippen LogP contribution in [0.5, 0.6) is 0 Å². The molecule has 0 spiro atoms. The second-order valence-electron chi connectivity index (χ2n) is 12.4. The SMILES string of the molecule is CCC(C)(CC)CC(O)Cn1c(=O)n(Cc2ccc(Cl)cc2)c(=O)n(CC(O)COC(=O)C(O)C(O)C(=O)OC(C)(C)CC)c1=O. The molecule has 0 saturated heterocycles. The van der Waals surface area contributed by atoms with E-state index in [-0.39, 0.29) is 18.4 Å². The van der Waals surface area contributed by atoms with Gasteiger partial charge in [-0.15, -0.1) is 0 Å². The Morgan fingerprint density at radius 2 is 1.24 bits per heavy atom. The lowest BCUT2D eigenvalue weighted by Gasteiger charge is -2.29. The smallest absolute Gasteiger partial charge is 0.338 e. The molecule has 4 atom stereocenters. The predicted octanol–water partition coefficient (Wildman–Crippen LogP) is 0.808. The Bertz CT molecular complexity index is 1510. The first-order valence-corrected chi connectivity index (χ1v) is 15.6. The first-order valence-electron chi connectivity index (χ1n) is 15.2. The molecule has 0 aliphatic heterocycles. The number of benzene rings is 1. The topological polar surface area (TPSA) is 200 Å². The maximum Gasteiger partial charge on any atom is 0.338 e. The standard InChI is InChI=1S/C31H46ClN3O11/c1-7-30(4,5)46-26(41)24(39)23(38)25(40)45-18-22(37)17-35-28(43)33(15-19-10-12-20(32)13-11-19)27(42)34(29(35)44)16-21(36)14-31(6,8-2)9-3/h10-13,21-24,36-39H,7-9,14-18H2,1-6H3. The van der Waals surface area contributed by atoms with E-state index in [2.05, 4.69) is 0 Å². The van der Waals surface area contributed by atoms with Gasteiger partial charge in [0.15, 0.2) is 12.2 Å². The van der Waals surface area contributed by atoms with Gasteiger partial charge in [0, 0.05) is 5.02 Å². The Hall–Kier alpha value is -3.30. The van der Waals surface area contributed by atoms with Gasteiger partial charge < -0.3 is 29.9 Å². The molecule has 1 aromatic heterocycles. The van der Waals surface area contributed by atoms with Gasteiger partial charge in [0.1, 0.15) is 18.3 Å². The van der Waals surface area contributed by atoms with Crippen LogP contribution < -0.4 is 17.1 Å². The molecule has 2 rings (SSSR count). The molecule has 0 aliphatic rings. The van der Waals surface area contributed by atoms with Crippen LogP contribution in [0.2, 0.25) is 5.02 Å². The molecule has 4 N–H and O–H groups in total. The normalized spacial score (nSPS) is 14.8. The first kappa shape index (κ1) is 38.9. The number of ether oxygens (including phenoxy) is 2. The third kappa shape index (κ3) is 10.4. The highest BCUT2D eigenvalue weighted by Crippen LogP contribution is 2.31. The van der Waals surface area contributed by atoms with E-state index in [0.29, 0.717) is 21.6 Å². The number of carbonyl (C=O) groups is 2. The summed E-state index contributed by atoms with van der Waals surface area (Å²) in [5.41, 5.74) is -3.85. The molecule has 0 aliphatic carbocycles. The number of aliphatic hydroxyl groups is 4. The van der Waals surface area contributed by atoms with Gasteiger partial charge in [0.25, 0.3) is 0 Å². The predicted molar refractivity (Wildman–Crippen MR) is 169 cm³/mol. The molecule has 1 aromatic carbocycles. The van der Waals surface area contributed by atoms with E-state index in [1.54, 1.807) is 45.0 Å². The molecule has 15 heteroatoms. The second kappa shape index (κ2) is 16.5. The summed E-state index contributed by atoms with van der Waals surface area (Å²) in [6, 6.07) is 6.29. The zero-order valence-electron chi connectivity index (χ0n) is 27.1. The van der Waals surface area contributed by atoms with Crippen LogP contribution in [0.3, 0.4) is 0 Å². The molecular weight excluding hydrogens is 626 g/mol. The Balaban J connectivity index is 2.35. The molecule has 0 fully saturated rings. The summed E-state index contributed by atoms with van der Waals surface area (Å²) in [4.78, 5) is 64.7. The second-order valence-corrected chi connectivity index (χ2v) is 12.8. The van der Waals surface area contributed by atoms with Crippen molar-refractivity contribution < 1.29 is 39.5 Å². The van der Waals surface area contributed by atoms with E-state index in [1.165, 1.54) is 0 Å². The largest absolute Gasteiger partial charge is 0.461 e. The fourth-order valence-electron chi connectivity index (χ4n) is 4.48. The summed E-state index contributed by atoms with van der Waals surface area (Å²) in [6.07, 6.45) is -5.27. The quantitative estimate of drug-likeness (QED) is 0.174. The highest BCUT2D eigenvalue weighted by Gasteiger charge is 2.36. The van der Waals surface area contributed by atoms with Crippen molar-refractivity contribution in [3.63, 3.8) is 0 Å². The first-order chi connectivity index (χ1) is 21.4. The Morgan fingerprint density at radius 3 is 1.74 bits per heavy atom. The third-order valence-corrected chi connectivity index (χ3v) is 8.54. The Labute approximate surface area is 271 Å². The van der Waals surface area contributed by atoms with Crippen LogP contribution in [-0.4, -0.2) is 82.7 Å². The summed E-state index contributed by atoms with van der Waals surface area (Å²) in [6.45, 7) is 8.50. The molecular formula is C31H46ClN3O11. The van der Waals surface area contributed by atoms with E-state index in [1.807, 2.05) is 20.8 Å². The number of carbonyl (C=O) groups excluding carboxylic acids is 2. The number of aliphatic hydroxyl groups excluding tert-OH is 4. The number of halogens is 1. The van der Waals surface area contributed by atoms with Crippen molar-refractivity contribution in [1.29, 1.82) is 0 Å². The van der Waals surface area contributed by atoms with Crippen LogP contribution in [-0.2, 0) is 38.7 Å². The van der Waals surface area contributed by atoms with Crippen LogP contribution in [0.15, 0.2) is 38.6 Å². The summed E-state index contributed by atoms with van der Waals surface area (Å²) < 4.78 is 12.0. The summed E-state index contributed by atoms with van der Waals surface area (Å²) in [5.74, 6) is -2.72. The molecule has 2 aromatic rings. The van der Waals surface area contributed by atoms with E-state index < -0.39 is 78.7 Å². The molecule has 4 unspecified atom stereocenters. The maximum absolute atomic E-state index is 13.4. The number of aromatic nitrogens is 3. The van der Waals surface area contributed by atoms with Crippen molar-refractivity contribution >= 4 is 23.5 Å². The van der Waals surface area contributed by atoms with Crippen molar-refractivity contribution in [2.75, 3.05) is 6.61 Å². The van der Waals surface area contributed by atoms with Crippen molar-refractivity contribution in [1.82, 2.24) is 13.7 Å². The average Bonchev–Trinajstić information content (AvgIpc) is 3.02. The summed E-state index contributed by atoms with van der Waals surface area (Å²) in [5, 5.41) is 42.0. The molecule has 0 amide bonds. The highest BCUT2D eigenvalue weighted by atomic mass is 35.5. The minimum absolute atomic E-state index is 0.257. The van der Waals surface area contributed by atoms with Gasteiger partial charge in [-0.2, -0.15) is 0 Å². The van der Waals surface area contributed by atoms with Crippen LogP contribution >= 0.6 is 11.6 Å². The van der Waals surface area contributed by atoms with Crippen molar-refractivity contribution in [2.45, 2.75) is 117 Å². The number of esters is 2. The van der Waals surface area contributed by atoms with Gasteiger partial charge in [-0.25, -0.2) is 37.7 Å². The number of hydrogen-bond acceptors (Lipinski definition) is 11. The lowest BCUT2D eigenvalue weighted by atomic mass is 9.79. The molecule has 14 nitrogen and oxygen atoms in total.